The summed E-state index contributed by atoms with van der Waals surface area (Å²) in [5.41, 5.74) is 0. The third-order valence-electron chi connectivity index (χ3n) is 2.99. The highest BCUT2D eigenvalue weighted by Crippen LogP contribution is 2.24. The summed E-state index contributed by atoms with van der Waals surface area (Å²) in [6.45, 7) is 3.48. The van der Waals surface area contributed by atoms with Crippen molar-refractivity contribution in [2.24, 2.45) is 11.8 Å². The van der Waals surface area contributed by atoms with Crippen molar-refractivity contribution in [2.75, 3.05) is 33.9 Å². The Hall–Kier alpha value is -1.10. The lowest BCUT2D eigenvalue weighted by Crippen LogP contribution is -2.30. The highest BCUT2D eigenvalue weighted by atomic mass is 16.5. The van der Waals surface area contributed by atoms with Crippen LogP contribution in [0, 0.1) is 11.8 Å². The lowest BCUT2D eigenvalue weighted by molar-refractivity contribution is -0.146. The molecule has 0 saturated carbocycles. The molecule has 0 spiro atoms. The number of ether oxygens (including phenoxy) is 2. The van der Waals surface area contributed by atoms with E-state index in [1.807, 2.05) is 6.92 Å². The molecule has 2 atom stereocenters. The average molecular weight is 229 g/mol. The molecule has 92 valence electrons. The topological polar surface area (TPSA) is 55.8 Å². The predicted molar refractivity (Wildman–Crippen MR) is 57.7 cm³/mol. The second-order valence-electron chi connectivity index (χ2n) is 4.15. The molecule has 1 rings (SSSR count). The maximum absolute atomic E-state index is 11.7. The summed E-state index contributed by atoms with van der Waals surface area (Å²) < 4.78 is 9.57. The van der Waals surface area contributed by atoms with E-state index in [4.69, 9.17) is 9.47 Å². The standard InChI is InChI=1S/C11H19NO4/c1-8-6-12(10(13)4-5-15-2)7-9(8)11(14)16-3/h8-9H,4-7H2,1-3H3. The SMILES string of the molecule is COCCC(=O)N1CC(C)C(C(=O)OC)C1. The number of hydrogen-bond acceptors (Lipinski definition) is 4. The summed E-state index contributed by atoms with van der Waals surface area (Å²) >= 11 is 0. The van der Waals surface area contributed by atoms with Gasteiger partial charge >= 0.3 is 5.97 Å². The molecule has 2 unspecified atom stereocenters. The molecule has 1 saturated heterocycles. The van der Waals surface area contributed by atoms with Gasteiger partial charge in [-0.25, -0.2) is 0 Å². The minimum atomic E-state index is -0.227. The van der Waals surface area contributed by atoms with E-state index in [0.717, 1.165) is 0 Å². The molecule has 16 heavy (non-hydrogen) atoms. The average Bonchev–Trinajstić information content (AvgIpc) is 2.67. The van der Waals surface area contributed by atoms with Crippen molar-refractivity contribution < 1.29 is 19.1 Å². The zero-order valence-electron chi connectivity index (χ0n) is 10.1. The van der Waals surface area contributed by atoms with Gasteiger partial charge in [-0.15, -0.1) is 0 Å². The van der Waals surface area contributed by atoms with Gasteiger partial charge in [0, 0.05) is 20.2 Å². The van der Waals surface area contributed by atoms with Crippen LogP contribution in [0.5, 0.6) is 0 Å². The van der Waals surface area contributed by atoms with Crippen LogP contribution in [0.3, 0.4) is 0 Å². The second kappa shape index (κ2) is 5.84. The first-order chi connectivity index (χ1) is 7.60. The molecule has 5 nitrogen and oxygen atoms in total. The molecule has 0 aromatic rings. The van der Waals surface area contributed by atoms with Crippen LogP contribution in [0.1, 0.15) is 13.3 Å². The Balaban J connectivity index is 2.49. The Bertz CT molecular complexity index is 267. The van der Waals surface area contributed by atoms with Gasteiger partial charge in [-0.1, -0.05) is 6.92 Å². The zero-order valence-corrected chi connectivity index (χ0v) is 10.1. The summed E-state index contributed by atoms with van der Waals surface area (Å²) in [7, 11) is 2.95. The summed E-state index contributed by atoms with van der Waals surface area (Å²) in [5, 5.41) is 0. The van der Waals surface area contributed by atoms with Gasteiger partial charge in [-0.3, -0.25) is 9.59 Å². The normalized spacial score (nSPS) is 24.6. The van der Waals surface area contributed by atoms with Gasteiger partial charge in [0.05, 0.1) is 26.1 Å². The molecule has 0 aromatic heterocycles. The Morgan fingerprint density at radius 1 is 1.31 bits per heavy atom. The van der Waals surface area contributed by atoms with Crippen molar-refractivity contribution >= 4 is 11.9 Å². The van der Waals surface area contributed by atoms with Crippen LogP contribution >= 0.6 is 0 Å². The Kier molecular flexibility index (Phi) is 4.73. The Morgan fingerprint density at radius 2 is 2.00 bits per heavy atom. The van der Waals surface area contributed by atoms with E-state index < -0.39 is 0 Å². The first kappa shape index (κ1) is 13.0. The molecule has 0 aromatic carbocycles. The fraction of sp³-hybridized carbons (Fsp3) is 0.818. The minimum Gasteiger partial charge on any atom is -0.469 e. The quantitative estimate of drug-likeness (QED) is 0.650. The summed E-state index contributed by atoms with van der Waals surface area (Å²) in [6, 6.07) is 0. The zero-order chi connectivity index (χ0) is 12.1. The predicted octanol–water partition coefficient (Wildman–Crippen LogP) is 0.290. The van der Waals surface area contributed by atoms with E-state index in [2.05, 4.69) is 0 Å². The number of carbonyl (C=O) groups excluding carboxylic acids is 2. The number of carbonyl (C=O) groups is 2. The molecule has 0 aliphatic carbocycles. The van der Waals surface area contributed by atoms with E-state index in [1.54, 1.807) is 12.0 Å². The van der Waals surface area contributed by atoms with E-state index in [9.17, 15) is 9.59 Å². The molecule has 0 radical (unpaired) electrons. The molecule has 1 amide bonds. The van der Waals surface area contributed by atoms with Crippen LogP contribution in [0.25, 0.3) is 0 Å². The highest BCUT2D eigenvalue weighted by Gasteiger charge is 2.37. The minimum absolute atomic E-state index is 0.0418. The number of rotatable bonds is 4. The molecular formula is C11H19NO4. The van der Waals surface area contributed by atoms with E-state index in [-0.39, 0.29) is 23.7 Å². The second-order valence-corrected chi connectivity index (χ2v) is 4.15. The molecule has 5 heteroatoms. The summed E-state index contributed by atoms with van der Waals surface area (Å²) in [4.78, 5) is 24.8. The third-order valence-corrected chi connectivity index (χ3v) is 2.99. The van der Waals surface area contributed by atoms with Crippen molar-refractivity contribution in [1.29, 1.82) is 0 Å². The number of methoxy groups -OCH3 is 2. The first-order valence-corrected chi connectivity index (χ1v) is 5.44. The highest BCUT2D eigenvalue weighted by molar-refractivity contribution is 5.79. The molecule has 1 aliphatic rings. The Labute approximate surface area is 95.7 Å². The van der Waals surface area contributed by atoms with E-state index >= 15 is 0 Å². The molecule has 1 fully saturated rings. The van der Waals surface area contributed by atoms with Gasteiger partial charge in [0.2, 0.25) is 5.91 Å². The van der Waals surface area contributed by atoms with Gasteiger partial charge in [0.1, 0.15) is 0 Å². The van der Waals surface area contributed by atoms with Gasteiger partial charge in [-0.2, -0.15) is 0 Å². The van der Waals surface area contributed by atoms with Crippen LogP contribution in [0.2, 0.25) is 0 Å². The van der Waals surface area contributed by atoms with Crippen LogP contribution < -0.4 is 0 Å². The van der Waals surface area contributed by atoms with E-state index in [0.29, 0.717) is 26.1 Å². The Morgan fingerprint density at radius 3 is 2.56 bits per heavy atom. The molecular weight excluding hydrogens is 210 g/mol. The largest absolute Gasteiger partial charge is 0.469 e. The number of likely N-dealkylation sites (tertiary alicyclic amines) is 1. The molecule has 0 bridgehead atoms. The fourth-order valence-electron chi connectivity index (χ4n) is 1.98. The van der Waals surface area contributed by atoms with Crippen LogP contribution in [-0.4, -0.2) is 50.7 Å². The number of nitrogens with zero attached hydrogens (tertiary/aromatic N) is 1. The summed E-state index contributed by atoms with van der Waals surface area (Å²) in [5.74, 6) is -0.204. The first-order valence-electron chi connectivity index (χ1n) is 5.44. The lowest BCUT2D eigenvalue weighted by atomic mass is 9.99. The monoisotopic (exact) mass is 229 g/mol. The van der Waals surface area contributed by atoms with Crippen LogP contribution in [0.15, 0.2) is 0 Å². The maximum atomic E-state index is 11.7. The van der Waals surface area contributed by atoms with E-state index in [1.165, 1.54) is 7.11 Å². The maximum Gasteiger partial charge on any atom is 0.310 e. The smallest absolute Gasteiger partial charge is 0.310 e. The lowest BCUT2D eigenvalue weighted by Gasteiger charge is -2.15. The van der Waals surface area contributed by atoms with Crippen molar-refractivity contribution in [3.8, 4) is 0 Å². The van der Waals surface area contributed by atoms with Gasteiger partial charge in [0.15, 0.2) is 0 Å². The molecule has 0 N–H and O–H groups in total. The van der Waals surface area contributed by atoms with Crippen molar-refractivity contribution in [3.05, 3.63) is 0 Å². The van der Waals surface area contributed by atoms with Crippen molar-refractivity contribution in [2.45, 2.75) is 13.3 Å². The number of esters is 1. The van der Waals surface area contributed by atoms with Crippen molar-refractivity contribution in [1.82, 2.24) is 4.90 Å². The van der Waals surface area contributed by atoms with Crippen LogP contribution in [-0.2, 0) is 19.1 Å². The molecule has 1 heterocycles. The van der Waals surface area contributed by atoms with Gasteiger partial charge < -0.3 is 14.4 Å². The fourth-order valence-corrected chi connectivity index (χ4v) is 1.98. The van der Waals surface area contributed by atoms with Crippen molar-refractivity contribution in [3.63, 3.8) is 0 Å². The van der Waals surface area contributed by atoms with Gasteiger partial charge in [0.25, 0.3) is 0 Å². The van der Waals surface area contributed by atoms with Crippen LogP contribution in [0.4, 0.5) is 0 Å². The number of hydrogen-bond donors (Lipinski definition) is 0. The third kappa shape index (κ3) is 2.95. The number of amides is 1. The summed E-state index contributed by atoms with van der Waals surface area (Å²) in [6.07, 6.45) is 0.372. The van der Waals surface area contributed by atoms with Gasteiger partial charge in [-0.05, 0) is 5.92 Å². The molecule has 1 aliphatic heterocycles.